The number of thiazole rings is 1. The molecule has 1 saturated carbocycles. The van der Waals surface area contributed by atoms with E-state index in [-0.39, 0.29) is 17.4 Å². The number of imidazole rings is 1. The molecule has 1 fully saturated rings. The average molecular weight is 420 g/mol. The lowest BCUT2D eigenvalue weighted by Crippen LogP contribution is -2.23. The number of halogens is 3. The zero-order valence-electron chi connectivity index (χ0n) is 14.4. The van der Waals surface area contributed by atoms with Crippen LogP contribution in [0.5, 0.6) is 0 Å². The van der Waals surface area contributed by atoms with Crippen LogP contribution in [0, 0.1) is 0 Å². The van der Waals surface area contributed by atoms with Crippen molar-refractivity contribution >= 4 is 17.0 Å². The van der Waals surface area contributed by atoms with Gasteiger partial charge in [0, 0.05) is 35.5 Å². The Hall–Kier alpha value is -3.28. The molecule has 12 heteroatoms. The molecule has 4 aromatic heterocycles. The lowest BCUT2D eigenvalue weighted by Gasteiger charge is -2.06. The molecule has 0 bridgehead atoms. The van der Waals surface area contributed by atoms with E-state index in [0.29, 0.717) is 22.8 Å². The fourth-order valence-electron chi connectivity index (χ4n) is 3.35. The summed E-state index contributed by atoms with van der Waals surface area (Å²) in [6.45, 7) is 0. The number of hydrogen-bond donors (Lipinski definition) is 2. The van der Waals surface area contributed by atoms with E-state index < -0.39 is 23.1 Å². The first kappa shape index (κ1) is 17.8. The number of nitrogens with zero attached hydrogens (tertiary/aromatic N) is 4. The van der Waals surface area contributed by atoms with Gasteiger partial charge in [0.05, 0.1) is 16.3 Å². The summed E-state index contributed by atoms with van der Waals surface area (Å²) in [5.41, 5.74) is -0.280. The molecule has 1 aliphatic rings. The summed E-state index contributed by atoms with van der Waals surface area (Å²) in [4.78, 5) is 36.0. The maximum absolute atomic E-state index is 12.8. The van der Waals surface area contributed by atoms with Crippen LogP contribution >= 0.6 is 11.3 Å². The number of H-pyrrole nitrogens is 2. The van der Waals surface area contributed by atoms with Crippen molar-refractivity contribution in [2.45, 2.75) is 24.4 Å². The molecule has 4 heterocycles. The molecule has 0 aromatic carbocycles. The zero-order chi connectivity index (χ0) is 20.3. The Morgan fingerprint density at radius 1 is 1.24 bits per heavy atom. The van der Waals surface area contributed by atoms with Crippen LogP contribution in [0.4, 0.5) is 13.2 Å². The van der Waals surface area contributed by atoms with Gasteiger partial charge in [-0.3, -0.25) is 9.78 Å². The van der Waals surface area contributed by atoms with Crippen LogP contribution in [0.3, 0.4) is 0 Å². The Balaban J connectivity index is 1.56. The van der Waals surface area contributed by atoms with Gasteiger partial charge >= 0.3 is 11.9 Å². The first-order valence-corrected chi connectivity index (χ1v) is 9.38. The van der Waals surface area contributed by atoms with Gasteiger partial charge in [0.15, 0.2) is 11.3 Å². The lowest BCUT2D eigenvalue weighted by atomic mass is 10.1. The SMILES string of the molecule is O=c1[nH]cc(-c2cc([C@H]3C[C@@H]3c3nc(C(F)(F)F)cs3)c3nccn3n2)c(=O)[nH]1. The first-order valence-electron chi connectivity index (χ1n) is 8.50. The standard InChI is InChI=1S/C17H11F3N6O2S/c18-17(19,20)12-6-29-15(23-12)9-3-7(9)8-4-11(25-26-2-1-21-13(8)26)10-5-22-16(28)24-14(10)27/h1-2,4-7,9H,3H2,(H2,22,24,27,28)/t7-,9+/m1/s1. The minimum atomic E-state index is -4.47. The maximum Gasteiger partial charge on any atom is 0.434 e. The van der Waals surface area contributed by atoms with E-state index in [1.165, 1.54) is 10.7 Å². The summed E-state index contributed by atoms with van der Waals surface area (Å²) in [6, 6.07) is 1.69. The molecule has 2 atom stereocenters. The van der Waals surface area contributed by atoms with Crippen molar-refractivity contribution in [3.63, 3.8) is 0 Å². The number of fused-ring (bicyclic) bond motifs is 1. The molecule has 1 aliphatic carbocycles. The normalized spacial score (nSPS) is 19.0. The largest absolute Gasteiger partial charge is 0.434 e. The van der Waals surface area contributed by atoms with Gasteiger partial charge in [-0.25, -0.2) is 19.3 Å². The summed E-state index contributed by atoms with van der Waals surface area (Å²) in [5, 5.41) is 5.80. The summed E-state index contributed by atoms with van der Waals surface area (Å²) in [7, 11) is 0. The van der Waals surface area contributed by atoms with Gasteiger partial charge in [-0.2, -0.15) is 18.3 Å². The van der Waals surface area contributed by atoms with Gasteiger partial charge in [0.2, 0.25) is 0 Å². The van der Waals surface area contributed by atoms with Crippen molar-refractivity contribution < 1.29 is 13.2 Å². The van der Waals surface area contributed by atoms with Crippen LogP contribution in [-0.2, 0) is 6.18 Å². The second kappa shape index (κ2) is 6.11. The molecule has 0 amide bonds. The quantitative estimate of drug-likeness (QED) is 0.529. The Morgan fingerprint density at radius 2 is 2.07 bits per heavy atom. The summed E-state index contributed by atoms with van der Waals surface area (Å²) < 4.78 is 40.0. The highest BCUT2D eigenvalue weighted by molar-refractivity contribution is 7.09. The Kier molecular flexibility index (Phi) is 3.75. The van der Waals surface area contributed by atoms with E-state index in [2.05, 4.69) is 25.0 Å². The predicted molar refractivity (Wildman–Crippen MR) is 96.9 cm³/mol. The second-order valence-corrected chi connectivity index (χ2v) is 7.57. The van der Waals surface area contributed by atoms with Crippen molar-refractivity contribution in [3.05, 3.63) is 67.1 Å². The highest BCUT2D eigenvalue weighted by Crippen LogP contribution is 2.56. The Bertz CT molecular complexity index is 1350. The fraction of sp³-hybridized carbons (Fsp3) is 0.235. The predicted octanol–water partition coefficient (Wildman–Crippen LogP) is 2.52. The average Bonchev–Trinajstić information content (AvgIpc) is 3.06. The zero-order valence-corrected chi connectivity index (χ0v) is 15.2. The molecule has 4 aromatic rings. The van der Waals surface area contributed by atoms with Crippen molar-refractivity contribution in [2.24, 2.45) is 0 Å². The summed E-state index contributed by atoms with van der Waals surface area (Å²) in [5.74, 6) is -0.239. The number of rotatable bonds is 3. The number of hydrogen-bond acceptors (Lipinski definition) is 6. The highest BCUT2D eigenvalue weighted by atomic mass is 32.1. The van der Waals surface area contributed by atoms with Crippen LogP contribution in [0.2, 0.25) is 0 Å². The van der Waals surface area contributed by atoms with Crippen molar-refractivity contribution in [3.8, 4) is 11.3 Å². The van der Waals surface area contributed by atoms with Crippen molar-refractivity contribution in [1.82, 2.24) is 29.5 Å². The first-order chi connectivity index (χ1) is 13.8. The van der Waals surface area contributed by atoms with E-state index in [1.54, 1.807) is 18.5 Å². The Labute approximate surface area is 163 Å². The van der Waals surface area contributed by atoms with Crippen LogP contribution in [0.15, 0.2) is 39.6 Å². The topological polar surface area (TPSA) is 109 Å². The van der Waals surface area contributed by atoms with E-state index in [9.17, 15) is 22.8 Å². The molecule has 0 unspecified atom stereocenters. The van der Waals surface area contributed by atoms with Gasteiger partial charge in [-0.05, 0) is 18.4 Å². The van der Waals surface area contributed by atoms with Crippen LogP contribution < -0.4 is 11.2 Å². The molecular formula is C17H11F3N6O2S. The summed E-state index contributed by atoms with van der Waals surface area (Å²) in [6.07, 6.45) is 0.597. The smallest absolute Gasteiger partial charge is 0.313 e. The van der Waals surface area contributed by atoms with Crippen molar-refractivity contribution in [2.75, 3.05) is 0 Å². The van der Waals surface area contributed by atoms with Gasteiger partial charge in [-0.1, -0.05) is 0 Å². The number of nitrogens with one attached hydrogen (secondary N) is 2. The number of aromatic amines is 2. The molecule has 2 N–H and O–H groups in total. The highest BCUT2D eigenvalue weighted by Gasteiger charge is 2.45. The molecule has 0 aliphatic heterocycles. The summed E-state index contributed by atoms with van der Waals surface area (Å²) >= 11 is 0.989. The minimum absolute atomic E-state index is 0.0873. The van der Waals surface area contributed by atoms with Gasteiger partial charge in [-0.15, -0.1) is 11.3 Å². The van der Waals surface area contributed by atoms with E-state index in [4.69, 9.17) is 0 Å². The van der Waals surface area contributed by atoms with E-state index >= 15 is 0 Å². The number of aromatic nitrogens is 6. The molecular weight excluding hydrogens is 409 g/mol. The maximum atomic E-state index is 12.8. The van der Waals surface area contributed by atoms with E-state index in [0.717, 1.165) is 22.3 Å². The van der Waals surface area contributed by atoms with E-state index in [1.807, 2.05) is 0 Å². The van der Waals surface area contributed by atoms with Gasteiger partial charge < -0.3 is 4.98 Å². The van der Waals surface area contributed by atoms with Crippen LogP contribution in [0.25, 0.3) is 16.9 Å². The molecule has 5 rings (SSSR count). The van der Waals surface area contributed by atoms with Gasteiger partial charge in [0.25, 0.3) is 5.56 Å². The molecule has 0 spiro atoms. The molecule has 29 heavy (non-hydrogen) atoms. The second-order valence-electron chi connectivity index (χ2n) is 6.68. The molecule has 0 saturated heterocycles. The number of alkyl halides is 3. The minimum Gasteiger partial charge on any atom is -0.313 e. The Morgan fingerprint density at radius 3 is 2.79 bits per heavy atom. The third kappa shape index (κ3) is 3.05. The molecule has 8 nitrogen and oxygen atoms in total. The third-order valence-corrected chi connectivity index (χ3v) is 5.78. The van der Waals surface area contributed by atoms with Gasteiger partial charge in [0.1, 0.15) is 0 Å². The molecule has 148 valence electrons. The van der Waals surface area contributed by atoms with Crippen molar-refractivity contribution in [1.29, 1.82) is 0 Å². The molecule has 0 radical (unpaired) electrons. The lowest BCUT2D eigenvalue weighted by molar-refractivity contribution is -0.140. The fourth-order valence-corrected chi connectivity index (χ4v) is 4.35. The van der Waals surface area contributed by atoms with Crippen LogP contribution in [-0.4, -0.2) is 29.5 Å². The van der Waals surface area contributed by atoms with Crippen LogP contribution in [0.1, 0.15) is 34.5 Å². The third-order valence-electron chi connectivity index (χ3n) is 4.80. The monoisotopic (exact) mass is 420 g/mol.